The van der Waals surface area contributed by atoms with Crippen molar-refractivity contribution in [3.63, 3.8) is 0 Å². The van der Waals surface area contributed by atoms with Crippen LogP contribution in [0.5, 0.6) is 0 Å². The van der Waals surface area contributed by atoms with Gasteiger partial charge in [0.05, 0.1) is 10.6 Å². The molecule has 0 saturated heterocycles. The minimum atomic E-state index is -3.82. The summed E-state index contributed by atoms with van der Waals surface area (Å²) in [6, 6.07) is 13.8. The number of hydrogen-bond donors (Lipinski definition) is 2. The summed E-state index contributed by atoms with van der Waals surface area (Å²) in [6.07, 6.45) is 2.89. The average molecular weight is 425 g/mol. The van der Waals surface area contributed by atoms with Gasteiger partial charge < -0.3 is 9.73 Å². The highest BCUT2D eigenvalue weighted by Crippen LogP contribution is 2.25. The summed E-state index contributed by atoms with van der Waals surface area (Å²) in [7, 11) is -3.82. The van der Waals surface area contributed by atoms with Gasteiger partial charge in [-0.25, -0.2) is 8.42 Å². The molecule has 156 valence electrons. The number of rotatable bonds is 6. The van der Waals surface area contributed by atoms with Crippen LogP contribution in [-0.4, -0.2) is 14.3 Å². The van der Waals surface area contributed by atoms with Gasteiger partial charge in [0.15, 0.2) is 0 Å². The lowest BCUT2D eigenvalue weighted by atomic mass is 10.1. The summed E-state index contributed by atoms with van der Waals surface area (Å²) >= 11 is 0. The Morgan fingerprint density at radius 1 is 0.933 bits per heavy atom. The van der Waals surface area contributed by atoms with Gasteiger partial charge >= 0.3 is 0 Å². The first kappa shape index (κ1) is 21.4. The highest BCUT2D eigenvalue weighted by atomic mass is 32.2. The summed E-state index contributed by atoms with van der Waals surface area (Å²) in [4.78, 5) is 12.3. The molecule has 1 amide bonds. The molecule has 3 rings (SSSR count). The molecule has 0 spiro atoms. The van der Waals surface area contributed by atoms with Gasteiger partial charge in [-0.3, -0.25) is 9.52 Å². The lowest BCUT2D eigenvalue weighted by Crippen LogP contribution is -2.16. The number of nitrogens with one attached hydrogen (secondary N) is 2. The van der Waals surface area contributed by atoms with Crippen molar-refractivity contribution in [3.05, 3.63) is 82.8 Å². The first-order chi connectivity index (χ1) is 14.1. The van der Waals surface area contributed by atoms with E-state index >= 15 is 0 Å². The van der Waals surface area contributed by atoms with Crippen LogP contribution in [-0.2, 0) is 14.8 Å². The third-order valence-corrected chi connectivity index (χ3v) is 6.04. The Kier molecular flexibility index (Phi) is 6.12. The predicted molar refractivity (Wildman–Crippen MR) is 119 cm³/mol. The molecule has 0 radical (unpaired) electrons. The standard InChI is InChI=1S/C23H24N2O4S/c1-15-5-11-21(17(3)13-15)25-30(27,28)22-14-19(8-6-16(22)2)24-23(26)12-10-20-9-7-18(4)29-20/h5-14,25H,1-4H3,(H,24,26)/b12-10+. The Morgan fingerprint density at radius 3 is 2.37 bits per heavy atom. The second kappa shape index (κ2) is 8.59. The molecule has 2 aromatic carbocycles. The van der Waals surface area contributed by atoms with Crippen LogP contribution in [0.15, 0.2) is 63.9 Å². The Morgan fingerprint density at radius 2 is 1.70 bits per heavy atom. The Hall–Kier alpha value is -3.32. The fourth-order valence-electron chi connectivity index (χ4n) is 2.98. The van der Waals surface area contributed by atoms with Gasteiger partial charge in [0.2, 0.25) is 5.91 Å². The number of anilines is 2. The van der Waals surface area contributed by atoms with Crippen LogP contribution >= 0.6 is 0 Å². The van der Waals surface area contributed by atoms with Gasteiger partial charge in [0.1, 0.15) is 11.5 Å². The zero-order valence-corrected chi connectivity index (χ0v) is 18.1. The van der Waals surface area contributed by atoms with E-state index < -0.39 is 15.9 Å². The van der Waals surface area contributed by atoms with Crippen LogP contribution in [0.2, 0.25) is 0 Å². The summed E-state index contributed by atoms with van der Waals surface area (Å²) in [5.41, 5.74) is 3.36. The Labute approximate surface area is 176 Å². The number of carbonyl (C=O) groups excluding carboxylic acids is 1. The number of carbonyl (C=O) groups is 1. The molecule has 0 aliphatic heterocycles. The van der Waals surface area contributed by atoms with E-state index in [4.69, 9.17) is 4.42 Å². The number of benzene rings is 2. The van der Waals surface area contributed by atoms with Crippen molar-refractivity contribution < 1.29 is 17.6 Å². The van der Waals surface area contributed by atoms with Crippen molar-refractivity contribution in [3.8, 4) is 0 Å². The van der Waals surface area contributed by atoms with Crippen molar-refractivity contribution in [2.24, 2.45) is 0 Å². The van der Waals surface area contributed by atoms with Crippen molar-refractivity contribution in [1.29, 1.82) is 0 Å². The first-order valence-corrected chi connectivity index (χ1v) is 10.9. The van der Waals surface area contributed by atoms with Crippen molar-refractivity contribution in [1.82, 2.24) is 0 Å². The molecule has 1 heterocycles. The van der Waals surface area contributed by atoms with E-state index in [0.29, 0.717) is 22.7 Å². The highest BCUT2D eigenvalue weighted by Gasteiger charge is 2.19. The molecule has 7 heteroatoms. The van der Waals surface area contributed by atoms with Crippen LogP contribution < -0.4 is 10.0 Å². The fourth-order valence-corrected chi connectivity index (χ4v) is 4.38. The van der Waals surface area contributed by atoms with E-state index in [1.165, 1.54) is 12.1 Å². The average Bonchev–Trinajstić information content (AvgIpc) is 3.09. The number of furan rings is 1. The smallest absolute Gasteiger partial charge is 0.262 e. The normalized spacial score (nSPS) is 11.6. The van der Waals surface area contributed by atoms with Gasteiger partial charge in [-0.15, -0.1) is 0 Å². The lowest BCUT2D eigenvalue weighted by Gasteiger charge is -2.14. The number of amides is 1. The number of sulfonamides is 1. The maximum atomic E-state index is 13.0. The van der Waals surface area contributed by atoms with E-state index in [0.717, 1.165) is 16.9 Å². The molecule has 0 aliphatic carbocycles. The number of hydrogen-bond acceptors (Lipinski definition) is 4. The molecule has 0 fully saturated rings. The minimum Gasteiger partial charge on any atom is -0.462 e. The van der Waals surface area contributed by atoms with Crippen LogP contribution in [0.3, 0.4) is 0 Å². The molecule has 2 N–H and O–H groups in total. The van der Waals surface area contributed by atoms with Crippen molar-refractivity contribution >= 4 is 33.4 Å². The second-order valence-corrected chi connectivity index (χ2v) is 8.83. The minimum absolute atomic E-state index is 0.103. The van der Waals surface area contributed by atoms with E-state index in [9.17, 15) is 13.2 Å². The summed E-state index contributed by atoms with van der Waals surface area (Å²) in [5, 5.41) is 2.68. The fraction of sp³-hybridized carbons (Fsp3) is 0.174. The maximum absolute atomic E-state index is 13.0. The maximum Gasteiger partial charge on any atom is 0.262 e. The molecule has 30 heavy (non-hydrogen) atoms. The summed E-state index contributed by atoms with van der Waals surface area (Å²) < 4.78 is 33.9. The second-order valence-electron chi connectivity index (χ2n) is 7.18. The molecule has 3 aromatic rings. The molecular weight excluding hydrogens is 400 g/mol. The third-order valence-electron chi connectivity index (χ3n) is 4.53. The van der Waals surface area contributed by atoms with Gasteiger partial charge in [-0.2, -0.15) is 0 Å². The van der Waals surface area contributed by atoms with E-state index in [2.05, 4.69) is 10.0 Å². The zero-order chi connectivity index (χ0) is 21.9. The van der Waals surface area contributed by atoms with Gasteiger partial charge in [-0.05, 0) is 75.2 Å². The van der Waals surface area contributed by atoms with Gasteiger partial charge in [0, 0.05) is 11.8 Å². The summed E-state index contributed by atoms with van der Waals surface area (Å²) in [5.74, 6) is 0.922. The highest BCUT2D eigenvalue weighted by molar-refractivity contribution is 7.92. The van der Waals surface area contributed by atoms with Gasteiger partial charge in [0.25, 0.3) is 10.0 Å². The zero-order valence-electron chi connectivity index (χ0n) is 17.3. The van der Waals surface area contributed by atoms with Crippen LogP contribution in [0.1, 0.15) is 28.2 Å². The van der Waals surface area contributed by atoms with E-state index in [1.807, 2.05) is 32.9 Å². The molecule has 1 aromatic heterocycles. The SMILES string of the molecule is Cc1ccc(NS(=O)(=O)c2cc(NC(=O)/C=C/c3ccc(C)o3)ccc2C)c(C)c1. The predicted octanol–water partition coefficient (Wildman–Crippen LogP) is 4.97. The topological polar surface area (TPSA) is 88.4 Å². The molecule has 0 aliphatic rings. The van der Waals surface area contributed by atoms with E-state index in [-0.39, 0.29) is 4.90 Å². The molecular formula is C23H24N2O4S. The molecule has 6 nitrogen and oxygen atoms in total. The van der Waals surface area contributed by atoms with Crippen molar-refractivity contribution in [2.75, 3.05) is 10.0 Å². The largest absolute Gasteiger partial charge is 0.462 e. The van der Waals surface area contributed by atoms with E-state index in [1.54, 1.807) is 43.3 Å². The van der Waals surface area contributed by atoms with Gasteiger partial charge in [-0.1, -0.05) is 23.8 Å². The summed E-state index contributed by atoms with van der Waals surface area (Å²) in [6.45, 7) is 7.32. The Balaban J connectivity index is 1.80. The van der Waals surface area contributed by atoms with Crippen LogP contribution in [0.4, 0.5) is 11.4 Å². The lowest BCUT2D eigenvalue weighted by molar-refractivity contribution is -0.111. The molecule has 0 bridgehead atoms. The van der Waals surface area contributed by atoms with Crippen molar-refractivity contribution in [2.45, 2.75) is 32.6 Å². The molecule has 0 unspecified atom stereocenters. The number of aryl methyl sites for hydroxylation is 4. The monoisotopic (exact) mass is 424 g/mol. The third kappa shape index (κ3) is 5.18. The van der Waals surface area contributed by atoms with Crippen LogP contribution in [0, 0.1) is 27.7 Å². The van der Waals surface area contributed by atoms with Crippen LogP contribution in [0.25, 0.3) is 6.08 Å². The molecule has 0 saturated carbocycles. The Bertz CT molecular complexity index is 1220. The molecule has 0 atom stereocenters. The first-order valence-electron chi connectivity index (χ1n) is 9.40. The quantitative estimate of drug-likeness (QED) is 0.547.